The van der Waals surface area contributed by atoms with E-state index in [0.29, 0.717) is 13.1 Å². The molecule has 2 aromatic carbocycles. The molecule has 1 aliphatic rings. The fraction of sp³-hybridized carbons (Fsp3) is 0.316. The molecule has 3 rings (SSSR count). The minimum Gasteiger partial charge on any atom is -0.508 e. The smallest absolute Gasteiger partial charge is 0.416 e. The van der Waals surface area contributed by atoms with Gasteiger partial charge in [-0.1, -0.05) is 11.6 Å². The lowest BCUT2D eigenvalue weighted by molar-refractivity contribution is -0.892. The van der Waals surface area contributed by atoms with E-state index in [2.05, 4.69) is 10.2 Å². The average molecular weight is 415 g/mol. The Labute approximate surface area is 165 Å². The van der Waals surface area contributed by atoms with Crippen LogP contribution in [0.15, 0.2) is 42.5 Å². The Morgan fingerprint density at radius 2 is 1.79 bits per heavy atom. The van der Waals surface area contributed by atoms with Gasteiger partial charge in [0.05, 0.1) is 42.5 Å². The van der Waals surface area contributed by atoms with Gasteiger partial charge in [0.15, 0.2) is 6.54 Å². The number of nitrogens with one attached hydrogen (secondary N) is 2. The van der Waals surface area contributed by atoms with Crippen molar-refractivity contribution in [2.75, 3.05) is 42.9 Å². The first-order valence-electron chi connectivity index (χ1n) is 8.76. The van der Waals surface area contributed by atoms with Crippen molar-refractivity contribution in [1.82, 2.24) is 0 Å². The molecule has 28 heavy (non-hydrogen) atoms. The number of hydrogen-bond donors (Lipinski definition) is 3. The Kier molecular flexibility index (Phi) is 6.00. The molecule has 2 aromatic rings. The van der Waals surface area contributed by atoms with Crippen LogP contribution in [-0.2, 0) is 11.0 Å². The summed E-state index contributed by atoms with van der Waals surface area (Å²) in [6.07, 6.45) is -4.50. The van der Waals surface area contributed by atoms with Gasteiger partial charge in [0.1, 0.15) is 5.75 Å². The number of halogens is 4. The number of phenols is 1. The van der Waals surface area contributed by atoms with Crippen LogP contribution in [0.3, 0.4) is 0 Å². The molecule has 150 valence electrons. The maximum atomic E-state index is 12.8. The number of benzene rings is 2. The number of rotatable bonds is 4. The standard InChI is InChI=1S/C19H19ClF3N3O2/c20-16-6-1-13(19(21,22)23)11-17(16)24-18(28)12-25-7-9-26(10-8-25)14-2-4-15(27)5-3-14/h1-6,11,27H,7-10,12H2,(H,24,28)/p+1. The van der Waals surface area contributed by atoms with Crippen LogP contribution in [0.5, 0.6) is 5.75 Å². The van der Waals surface area contributed by atoms with Crippen molar-refractivity contribution in [1.29, 1.82) is 0 Å². The summed E-state index contributed by atoms with van der Waals surface area (Å²) in [6, 6.07) is 9.78. The molecule has 9 heteroatoms. The van der Waals surface area contributed by atoms with Gasteiger partial charge in [0.2, 0.25) is 0 Å². The summed E-state index contributed by atoms with van der Waals surface area (Å²) < 4.78 is 38.5. The van der Waals surface area contributed by atoms with E-state index in [1.807, 2.05) is 12.1 Å². The van der Waals surface area contributed by atoms with Gasteiger partial charge < -0.3 is 20.2 Å². The van der Waals surface area contributed by atoms with E-state index in [4.69, 9.17) is 11.6 Å². The van der Waals surface area contributed by atoms with Crippen LogP contribution in [0, 0.1) is 0 Å². The number of phenolic OH excluding ortho intramolecular Hbond substituents is 1. The predicted octanol–water partition coefficient (Wildman–Crippen LogP) is 2.41. The topological polar surface area (TPSA) is 57.0 Å². The van der Waals surface area contributed by atoms with Gasteiger partial charge in [-0.2, -0.15) is 13.2 Å². The Morgan fingerprint density at radius 3 is 2.39 bits per heavy atom. The predicted molar refractivity (Wildman–Crippen MR) is 101 cm³/mol. The third-order valence-corrected chi connectivity index (χ3v) is 4.99. The van der Waals surface area contributed by atoms with Crippen molar-refractivity contribution < 1.29 is 28.0 Å². The zero-order chi connectivity index (χ0) is 20.3. The van der Waals surface area contributed by atoms with E-state index in [1.54, 1.807) is 12.1 Å². The largest absolute Gasteiger partial charge is 0.508 e. The lowest BCUT2D eigenvalue weighted by Gasteiger charge is -2.33. The molecule has 1 saturated heterocycles. The molecule has 0 radical (unpaired) electrons. The molecule has 0 saturated carbocycles. The second-order valence-electron chi connectivity index (χ2n) is 6.67. The molecule has 1 amide bonds. The van der Waals surface area contributed by atoms with Crippen molar-refractivity contribution in [3.63, 3.8) is 0 Å². The maximum absolute atomic E-state index is 12.8. The summed E-state index contributed by atoms with van der Waals surface area (Å²) in [5.74, 6) is -0.174. The number of quaternary nitrogens is 1. The van der Waals surface area contributed by atoms with Gasteiger partial charge in [-0.05, 0) is 42.5 Å². The van der Waals surface area contributed by atoms with Crippen LogP contribution in [0.25, 0.3) is 0 Å². The number of nitrogens with zero attached hydrogens (tertiary/aromatic N) is 1. The van der Waals surface area contributed by atoms with Gasteiger partial charge in [0, 0.05) is 5.69 Å². The highest BCUT2D eigenvalue weighted by atomic mass is 35.5. The summed E-state index contributed by atoms with van der Waals surface area (Å²) in [5.41, 5.74) is 0.0997. The van der Waals surface area contributed by atoms with Crippen molar-refractivity contribution in [3.05, 3.63) is 53.1 Å². The number of aromatic hydroxyl groups is 1. The molecule has 1 heterocycles. The third-order valence-electron chi connectivity index (χ3n) is 4.66. The van der Waals surface area contributed by atoms with Crippen LogP contribution in [0.1, 0.15) is 5.56 Å². The first-order chi connectivity index (χ1) is 13.2. The van der Waals surface area contributed by atoms with E-state index >= 15 is 0 Å². The van der Waals surface area contributed by atoms with E-state index in [9.17, 15) is 23.1 Å². The second kappa shape index (κ2) is 8.28. The van der Waals surface area contributed by atoms with E-state index < -0.39 is 11.7 Å². The molecular formula is C19H20ClF3N3O2+. The molecule has 1 fully saturated rings. The number of alkyl halides is 3. The van der Waals surface area contributed by atoms with Gasteiger partial charge in [0.25, 0.3) is 5.91 Å². The Balaban J connectivity index is 1.54. The van der Waals surface area contributed by atoms with Gasteiger partial charge in [-0.15, -0.1) is 0 Å². The highest BCUT2D eigenvalue weighted by Crippen LogP contribution is 2.33. The molecule has 0 bridgehead atoms. The first-order valence-corrected chi connectivity index (χ1v) is 9.14. The molecule has 5 nitrogen and oxygen atoms in total. The zero-order valence-corrected chi connectivity index (χ0v) is 15.6. The fourth-order valence-corrected chi connectivity index (χ4v) is 3.31. The summed E-state index contributed by atoms with van der Waals surface area (Å²) >= 11 is 5.92. The van der Waals surface area contributed by atoms with E-state index in [1.165, 1.54) is 0 Å². The number of hydrogen-bond acceptors (Lipinski definition) is 3. The zero-order valence-electron chi connectivity index (χ0n) is 14.9. The second-order valence-corrected chi connectivity index (χ2v) is 7.08. The quantitative estimate of drug-likeness (QED) is 0.720. The number of carbonyl (C=O) groups is 1. The van der Waals surface area contributed by atoms with Crippen LogP contribution >= 0.6 is 11.6 Å². The van der Waals surface area contributed by atoms with Crippen LogP contribution in [0.2, 0.25) is 5.02 Å². The van der Waals surface area contributed by atoms with Gasteiger partial charge in [-0.3, -0.25) is 4.79 Å². The third kappa shape index (κ3) is 5.08. The Morgan fingerprint density at radius 1 is 1.14 bits per heavy atom. The van der Waals surface area contributed by atoms with Crippen molar-refractivity contribution in [2.24, 2.45) is 0 Å². The summed E-state index contributed by atoms with van der Waals surface area (Å²) in [5, 5.41) is 11.9. The average Bonchev–Trinajstić information content (AvgIpc) is 2.64. The minimum absolute atomic E-state index is 0.0383. The molecule has 3 N–H and O–H groups in total. The highest BCUT2D eigenvalue weighted by molar-refractivity contribution is 6.33. The number of carbonyl (C=O) groups excluding carboxylic acids is 1. The molecule has 0 unspecified atom stereocenters. The number of piperazine rings is 1. The van der Waals surface area contributed by atoms with E-state index in [0.717, 1.165) is 41.9 Å². The number of amides is 1. The van der Waals surface area contributed by atoms with Gasteiger partial charge >= 0.3 is 6.18 Å². The molecular weight excluding hydrogens is 395 g/mol. The lowest BCUT2D eigenvalue weighted by Crippen LogP contribution is -3.15. The number of anilines is 2. The molecule has 1 aliphatic heterocycles. The molecule has 0 atom stereocenters. The van der Waals surface area contributed by atoms with Crippen molar-refractivity contribution in [2.45, 2.75) is 6.18 Å². The highest BCUT2D eigenvalue weighted by Gasteiger charge is 2.31. The Hall–Kier alpha value is -2.45. The van der Waals surface area contributed by atoms with Crippen LogP contribution < -0.4 is 15.1 Å². The maximum Gasteiger partial charge on any atom is 0.416 e. The molecule has 0 spiro atoms. The monoisotopic (exact) mass is 414 g/mol. The normalized spacial score (nSPS) is 15.5. The van der Waals surface area contributed by atoms with Crippen LogP contribution in [0.4, 0.5) is 24.5 Å². The molecule has 0 aliphatic carbocycles. The Bertz CT molecular complexity index is 835. The van der Waals surface area contributed by atoms with Gasteiger partial charge in [-0.25, -0.2) is 0 Å². The summed E-state index contributed by atoms with van der Waals surface area (Å²) in [6.45, 7) is 3.04. The lowest BCUT2D eigenvalue weighted by atomic mass is 10.2. The van der Waals surface area contributed by atoms with E-state index in [-0.39, 0.29) is 28.9 Å². The molecule has 0 aromatic heterocycles. The van der Waals surface area contributed by atoms with Crippen molar-refractivity contribution >= 4 is 28.9 Å². The van der Waals surface area contributed by atoms with Crippen molar-refractivity contribution in [3.8, 4) is 5.75 Å². The van der Waals surface area contributed by atoms with Crippen LogP contribution in [-0.4, -0.2) is 43.7 Å². The first kappa shape index (κ1) is 20.3. The minimum atomic E-state index is -4.50. The summed E-state index contributed by atoms with van der Waals surface area (Å²) in [4.78, 5) is 15.5. The fourth-order valence-electron chi connectivity index (χ4n) is 3.14. The SMILES string of the molecule is O=C(C[NH+]1CCN(c2ccc(O)cc2)CC1)Nc1cc(C(F)(F)F)ccc1Cl. The summed E-state index contributed by atoms with van der Waals surface area (Å²) in [7, 11) is 0.